The van der Waals surface area contributed by atoms with E-state index in [1.54, 1.807) is 6.20 Å². The summed E-state index contributed by atoms with van der Waals surface area (Å²) in [5.41, 5.74) is 2.85. The Morgan fingerprint density at radius 2 is 2.00 bits per heavy atom. The molecule has 110 valence electrons. The van der Waals surface area contributed by atoms with Crippen LogP contribution in [0, 0.1) is 6.92 Å². The third-order valence-electron chi connectivity index (χ3n) is 2.95. The van der Waals surface area contributed by atoms with Crippen LogP contribution >= 0.6 is 15.9 Å². The van der Waals surface area contributed by atoms with Gasteiger partial charge in [0.05, 0.1) is 11.9 Å². The molecular weight excluding hydrogens is 330 g/mol. The zero-order valence-corrected chi connectivity index (χ0v) is 13.7. The molecule has 0 aliphatic carbocycles. The summed E-state index contributed by atoms with van der Waals surface area (Å²) in [5, 5.41) is 6.05. The number of carbonyl (C=O) groups is 1. The average Bonchev–Trinajstić information content (AvgIpc) is 2.45. The number of aryl methyl sites for hydroxylation is 1. The molecule has 1 aromatic carbocycles. The molecule has 0 spiro atoms. The molecule has 2 rings (SSSR count). The fourth-order valence-electron chi connectivity index (χ4n) is 1.86. The van der Waals surface area contributed by atoms with Crippen molar-refractivity contribution in [3.63, 3.8) is 0 Å². The first-order valence-electron chi connectivity index (χ1n) is 6.87. The SMILES string of the molecule is CCCC(=O)Nc1ccc(Nc2ccc(Br)c(C)c2)nc1. The van der Waals surface area contributed by atoms with Crippen molar-refractivity contribution < 1.29 is 4.79 Å². The Bertz CT molecular complexity index is 626. The van der Waals surface area contributed by atoms with Gasteiger partial charge in [0, 0.05) is 16.6 Å². The number of hydrogen-bond acceptors (Lipinski definition) is 3. The van der Waals surface area contributed by atoms with Crippen LogP contribution in [0.15, 0.2) is 41.0 Å². The van der Waals surface area contributed by atoms with Crippen molar-refractivity contribution in [2.24, 2.45) is 0 Å². The third kappa shape index (κ3) is 4.56. The lowest BCUT2D eigenvalue weighted by molar-refractivity contribution is -0.116. The summed E-state index contributed by atoms with van der Waals surface area (Å²) >= 11 is 3.48. The molecular formula is C16H18BrN3O. The second-order valence-electron chi connectivity index (χ2n) is 4.82. The van der Waals surface area contributed by atoms with E-state index in [1.807, 2.05) is 44.2 Å². The van der Waals surface area contributed by atoms with Crippen LogP contribution in [0.5, 0.6) is 0 Å². The van der Waals surface area contributed by atoms with Crippen LogP contribution in [-0.2, 0) is 4.79 Å². The predicted molar refractivity (Wildman–Crippen MR) is 89.9 cm³/mol. The Balaban J connectivity index is 2.01. The Morgan fingerprint density at radius 1 is 1.24 bits per heavy atom. The normalized spacial score (nSPS) is 10.2. The van der Waals surface area contributed by atoms with Crippen LogP contribution in [0.3, 0.4) is 0 Å². The molecule has 21 heavy (non-hydrogen) atoms. The highest BCUT2D eigenvalue weighted by Crippen LogP contribution is 2.22. The van der Waals surface area contributed by atoms with Gasteiger partial charge in [-0.2, -0.15) is 0 Å². The first-order chi connectivity index (χ1) is 10.1. The maximum absolute atomic E-state index is 11.5. The molecule has 0 unspecified atom stereocenters. The molecule has 1 heterocycles. The molecule has 5 heteroatoms. The molecule has 0 atom stereocenters. The van der Waals surface area contributed by atoms with E-state index in [9.17, 15) is 4.79 Å². The van der Waals surface area contributed by atoms with E-state index in [1.165, 1.54) is 0 Å². The minimum absolute atomic E-state index is 0.0172. The second kappa shape index (κ2) is 7.22. The van der Waals surface area contributed by atoms with Crippen molar-refractivity contribution in [1.82, 2.24) is 4.98 Å². The number of aromatic nitrogens is 1. The number of nitrogens with zero attached hydrogens (tertiary/aromatic N) is 1. The van der Waals surface area contributed by atoms with Gasteiger partial charge in [0.1, 0.15) is 5.82 Å². The van der Waals surface area contributed by atoms with Gasteiger partial charge < -0.3 is 10.6 Å². The molecule has 0 saturated heterocycles. The van der Waals surface area contributed by atoms with Crippen LogP contribution in [-0.4, -0.2) is 10.9 Å². The smallest absolute Gasteiger partial charge is 0.224 e. The van der Waals surface area contributed by atoms with Crippen molar-refractivity contribution in [2.45, 2.75) is 26.7 Å². The number of anilines is 3. The fraction of sp³-hybridized carbons (Fsp3) is 0.250. The van der Waals surface area contributed by atoms with Crippen molar-refractivity contribution in [3.8, 4) is 0 Å². The van der Waals surface area contributed by atoms with E-state index in [0.29, 0.717) is 12.1 Å². The molecule has 0 fully saturated rings. The molecule has 0 saturated carbocycles. The number of benzene rings is 1. The Morgan fingerprint density at radius 3 is 2.62 bits per heavy atom. The van der Waals surface area contributed by atoms with Gasteiger partial charge in [-0.1, -0.05) is 22.9 Å². The van der Waals surface area contributed by atoms with Gasteiger partial charge in [-0.15, -0.1) is 0 Å². The summed E-state index contributed by atoms with van der Waals surface area (Å²) in [7, 11) is 0. The predicted octanol–water partition coefficient (Wildman–Crippen LogP) is 4.63. The van der Waals surface area contributed by atoms with Crippen molar-refractivity contribution in [3.05, 3.63) is 46.6 Å². The van der Waals surface area contributed by atoms with E-state index < -0.39 is 0 Å². The van der Waals surface area contributed by atoms with Gasteiger partial charge in [-0.3, -0.25) is 4.79 Å². The fourth-order valence-corrected chi connectivity index (χ4v) is 2.11. The molecule has 2 aromatic rings. The number of halogens is 1. The molecule has 0 aliphatic heterocycles. The Labute approximate surface area is 133 Å². The highest BCUT2D eigenvalue weighted by atomic mass is 79.9. The van der Waals surface area contributed by atoms with E-state index in [2.05, 4.69) is 31.5 Å². The molecule has 1 aromatic heterocycles. The lowest BCUT2D eigenvalue weighted by atomic mass is 10.2. The summed E-state index contributed by atoms with van der Waals surface area (Å²) < 4.78 is 1.08. The highest BCUT2D eigenvalue weighted by molar-refractivity contribution is 9.10. The first-order valence-corrected chi connectivity index (χ1v) is 7.67. The molecule has 0 aliphatic rings. The van der Waals surface area contributed by atoms with Crippen LogP contribution in [0.1, 0.15) is 25.3 Å². The Kier molecular flexibility index (Phi) is 5.33. The second-order valence-corrected chi connectivity index (χ2v) is 5.67. The maximum Gasteiger partial charge on any atom is 0.224 e. The molecule has 2 N–H and O–H groups in total. The van der Waals surface area contributed by atoms with Crippen molar-refractivity contribution in [1.29, 1.82) is 0 Å². The van der Waals surface area contributed by atoms with E-state index in [4.69, 9.17) is 0 Å². The summed E-state index contributed by atoms with van der Waals surface area (Å²) in [5.74, 6) is 0.758. The quantitative estimate of drug-likeness (QED) is 0.828. The number of rotatable bonds is 5. The molecule has 1 amide bonds. The van der Waals surface area contributed by atoms with Gasteiger partial charge in [0.2, 0.25) is 5.91 Å². The number of carbonyl (C=O) groups excluding carboxylic acids is 1. The minimum atomic E-state index is 0.0172. The van der Waals surface area contributed by atoms with Crippen LogP contribution in [0.4, 0.5) is 17.2 Å². The van der Waals surface area contributed by atoms with E-state index >= 15 is 0 Å². The monoisotopic (exact) mass is 347 g/mol. The third-order valence-corrected chi connectivity index (χ3v) is 3.84. The van der Waals surface area contributed by atoms with Gasteiger partial charge in [0.25, 0.3) is 0 Å². The first kappa shape index (κ1) is 15.5. The summed E-state index contributed by atoms with van der Waals surface area (Å²) in [6.07, 6.45) is 3.02. The summed E-state index contributed by atoms with van der Waals surface area (Å²) in [6.45, 7) is 4.01. The van der Waals surface area contributed by atoms with Crippen molar-refractivity contribution >= 4 is 39.0 Å². The summed E-state index contributed by atoms with van der Waals surface area (Å²) in [4.78, 5) is 15.8. The molecule has 0 bridgehead atoms. The maximum atomic E-state index is 11.5. The lowest BCUT2D eigenvalue weighted by Crippen LogP contribution is -2.10. The topological polar surface area (TPSA) is 54.0 Å². The number of pyridine rings is 1. The van der Waals surface area contributed by atoms with Crippen molar-refractivity contribution in [2.75, 3.05) is 10.6 Å². The van der Waals surface area contributed by atoms with Crippen LogP contribution in [0.25, 0.3) is 0 Å². The lowest BCUT2D eigenvalue weighted by Gasteiger charge is -2.09. The average molecular weight is 348 g/mol. The zero-order chi connectivity index (χ0) is 15.2. The molecule has 4 nitrogen and oxygen atoms in total. The standard InChI is InChI=1S/C16H18BrN3O/c1-3-4-16(21)20-13-6-8-15(18-10-13)19-12-5-7-14(17)11(2)9-12/h5-10H,3-4H2,1-2H3,(H,18,19)(H,20,21). The number of hydrogen-bond donors (Lipinski definition) is 2. The number of amides is 1. The highest BCUT2D eigenvalue weighted by Gasteiger charge is 2.02. The zero-order valence-electron chi connectivity index (χ0n) is 12.1. The van der Waals surface area contributed by atoms with E-state index in [-0.39, 0.29) is 5.91 Å². The summed E-state index contributed by atoms with van der Waals surface area (Å²) in [6, 6.07) is 9.71. The minimum Gasteiger partial charge on any atom is -0.340 e. The van der Waals surface area contributed by atoms with Gasteiger partial charge in [-0.25, -0.2) is 4.98 Å². The Hall–Kier alpha value is -1.88. The van der Waals surface area contributed by atoms with Gasteiger partial charge >= 0.3 is 0 Å². The molecule has 0 radical (unpaired) electrons. The van der Waals surface area contributed by atoms with E-state index in [0.717, 1.165) is 28.0 Å². The number of nitrogens with one attached hydrogen (secondary N) is 2. The van der Waals surface area contributed by atoms with Crippen LogP contribution < -0.4 is 10.6 Å². The largest absolute Gasteiger partial charge is 0.340 e. The van der Waals surface area contributed by atoms with Gasteiger partial charge in [0.15, 0.2) is 0 Å². The van der Waals surface area contributed by atoms with Gasteiger partial charge in [-0.05, 0) is 49.2 Å². The van der Waals surface area contributed by atoms with Crippen LogP contribution in [0.2, 0.25) is 0 Å².